The van der Waals surface area contributed by atoms with Crippen molar-refractivity contribution in [3.8, 4) is 22.9 Å². The quantitative estimate of drug-likeness (QED) is 0.653. The van der Waals surface area contributed by atoms with Gasteiger partial charge in [0.25, 0.3) is 0 Å². The van der Waals surface area contributed by atoms with Gasteiger partial charge in [-0.2, -0.15) is 0 Å². The maximum atomic E-state index is 13.3. The van der Waals surface area contributed by atoms with Gasteiger partial charge in [0, 0.05) is 1.43 Å². The molecule has 2 aliphatic rings. The van der Waals surface area contributed by atoms with Crippen LogP contribution in [0.4, 0.5) is 20.4 Å². The predicted molar refractivity (Wildman–Crippen MR) is 109 cm³/mol. The van der Waals surface area contributed by atoms with E-state index in [4.69, 9.17) is 5.73 Å². The molecule has 2 aromatic heterocycles. The Morgan fingerprint density at radius 1 is 1.13 bits per heavy atom. The maximum Gasteiger partial charge on any atom is 0.586 e. The highest BCUT2D eigenvalue weighted by molar-refractivity contribution is 6.01. The molecule has 1 fully saturated rings. The fourth-order valence-electron chi connectivity index (χ4n) is 3.57. The number of nitrogens with zero attached hydrogens (tertiary/aromatic N) is 3. The van der Waals surface area contributed by atoms with Crippen molar-refractivity contribution < 1.29 is 24.5 Å². The minimum Gasteiger partial charge on any atom is -0.395 e. The number of rotatable bonds is 4. The van der Waals surface area contributed by atoms with E-state index in [-0.39, 0.29) is 18.8 Å². The lowest BCUT2D eigenvalue weighted by atomic mass is 9.94. The Kier molecular flexibility index (Phi) is 4.07. The average Bonchev–Trinajstić information content (AvgIpc) is 3.47. The van der Waals surface area contributed by atoms with E-state index in [1.165, 1.54) is 24.5 Å². The van der Waals surface area contributed by atoms with Crippen LogP contribution in [0.25, 0.3) is 11.4 Å². The summed E-state index contributed by atoms with van der Waals surface area (Å²) in [5, 5.41) is 2.83. The molecule has 0 bridgehead atoms. The minimum absolute atomic E-state index is 0. The van der Waals surface area contributed by atoms with E-state index in [0.29, 0.717) is 41.4 Å². The summed E-state index contributed by atoms with van der Waals surface area (Å²) < 4.78 is 35.6. The van der Waals surface area contributed by atoms with Gasteiger partial charge in [0.05, 0.1) is 23.5 Å². The second-order valence-corrected chi connectivity index (χ2v) is 7.55. The summed E-state index contributed by atoms with van der Waals surface area (Å²) in [7, 11) is 0. The van der Waals surface area contributed by atoms with Crippen LogP contribution in [-0.4, -0.2) is 27.2 Å². The van der Waals surface area contributed by atoms with E-state index in [1.807, 2.05) is 13.0 Å². The molecular weight excluding hydrogens is 408 g/mol. The van der Waals surface area contributed by atoms with E-state index in [2.05, 4.69) is 29.7 Å². The second kappa shape index (κ2) is 6.59. The van der Waals surface area contributed by atoms with E-state index in [0.717, 1.165) is 5.56 Å². The van der Waals surface area contributed by atoms with E-state index in [9.17, 15) is 13.6 Å². The number of nitrogens with one attached hydrogen (secondary N) is 1. The number of carbonyl (C=O) groups is 1. The summed E-state index contributed by atoms with van der Waals surface area (Å²) in [4.78, 5) is 25.9. The van der Waals surface area contributed by atoms with Gasteiger partial charge in [-0.1, -0.05) is 12.1 Å². The number of ether oxygens (including phenoxy) is 2. The van der Waals surface area contributed by atoms with E-state index in [1.54, 1.807) is 12.1 Å². The average molecular weight is 427 g/mol. The van der Waals surface area contributed by atoms with Crippen LogP contribution in [0.2, 0.25) is 0 Å². The van der Waals surface area contributed by atoms with Crippen molar-refractivity contribution in [3.05, 3.63) is 53.9 Å². The van der Waals surface area contributed by atoms with Crippen LogP contribution in [0.3, 0.4) is 0 Å². The molecule has 3 aromatic rings. The number of carbonyl (C=O) groups excluding carboxylic acids is 1. The molecule has 1 aliphatic heterocycles. The third-order valence-corrected chi connectivity index (χ3v) is 5.39. The highest BCUT2D eigenvalue weighted by Crippen LogP contribution is 2.52. The van der Waals surface area contributed by atoms with Gasteiger partial charge in [-0.05, 0) is 49.1 Å². The zero-order chi connectivity index (χ0) is 21.8. The largest absolute Gasteiger partial charge is 0.586 e. The monoisotopic (exact) mass is 427 g/mol. The molecule has 8 nitrogen and oxygen atoms in total. The molecule has 1 aromatic carbocycles. The number of alkyl halides is 2. The molecule has 1 aliphatic carbocycles. The first-order valence-electron chi connectivity index (χ1n) is 9.53. The van der Waals surface area contributed by atoms with Crippen LogP contribution in [-0.2, 0) is 10.2 Å². The van der Waals surface area contributed by atoms with Gasteiger partial charge in [-0.25, -0.2) is 15.0 Å². The number of aryl methyl sites for hydroxylation is 1. The molecule has 160 valence electrons. The summed E-state index contributed by atoms with van der Waals surface area (Å²) >= 11 is 0. The number of nitrogen functional groups attached to an aromatic ring is 1. The first-order valence-corrected chi connectivity index (χ1v) is 9.53. The molecule has 31 heavy (non-hydrogen) atoms. The molecule has 1 amide bonds. The molecule has 3 heterocycles. The van der Waals surface area contributed by atoms with Crippen molar-refractivity contribution in [1.82, 2.24) is 15.0 Å². The molecule has 0 atom stereocenters. The summed E-state index contributed by atoms with van der Waals surface area (Å²) in [6.07, 6.45) is 0.409. The first-order chi connectivity index (χ1) is 14.8. The number of pyridine rings is 1. The summed E-state index contributed by atoms with van der Waals surface area (Å²) in [6.45, 7) is 1.87. The predicted octanol–water partition coefficient (Wildman–Crippen LogP) is 3.67. The number of nitrogens with two attached hydrogens (primary N) is 1. The minimum atomic E-state index is -3.70. The molecular formula is C21H19F2N5O3. The van der Waals surface area contributed by atoms with Gasteiger partial charge in [0.1, 0.15) is 17.3 Å². The molecule has 5 rings (SSSR count). The number of amides is 1. The normalized spacial score (nSPS) is 17.3. The fraction of sp³-hybridized carbons (Fsp3) is 0.238. The van der Waals surface area contributed by atoms with Gasteiger partial charge in [-0.15, -0.1) is 8.78 Å². The smallest absolute Gasteiger partial charge is 0.395 e. The van der Waals surface area contributed by atoms with Crippen LogP contribution < -0.4 is 20.5 Å². The van der Waals surface area contributed by atoms with Crippen molar-refractivity contribution in [2.24, 2.45) is 0 Å². The number of hydrogen-bond donors (Lipinski definition) is 2. The number of halogens is 2. The third-order valence-electron chi connectivity index (χ3n) is 5.39. The lowest BCUT2D eigenvalue weighted by molar-refractivity contribution is -0.286. The Labute approximate surface area is 176 Å². The van der Waals surface area contributed by atoms with Gasteiger partial charge in [-0.3, -0.25) is 4.79 Å². The van der Waals surface area contributed by atoms with Crippen LogP contribution in [0.15, 0.2) is 42.7 Å². The summed E-state index contributed by atoms with van der Waals surface area (Å²) in [6, 6.07) is 7.94. The molecule has 10 heteroatoms. The van der Waals surface area contributed by atoms with Crippen molar-refractivity contribution in [2.75, 3.05) is 11.1 Å². The molecule has 0 unspecified atom stereocenters. The standard InChI is InChI=1S/C21H17F2N5O3.H2/c1-11-2-5-17(27-18(11)13-9-26-16(24)10-25-13)28-19(29)20(6-7-20)12-3-4-14-15(8-12)31-21(22,23)30-14;/h2-5,8-10H,6-7H2,1H3,(H2,24,26)(H,27,28,29);1H. The van der Waals surface area contributed by atoms with Gasteiger partial charge >= 0.3 is 6.29 Å². The second-order valence-electron chi connectivity index (χ2n) is 7.55. The molecule has 1 saturated carbocycles. The zero-order valence-electron chi connectivity index (χ0n) is 16.4. The van der Waals surface area contributed by atoms with Gasteiger partial charge in [0.2, 0.25) is 5.91 Å². The Bertz CT molecular complexity index is 1200. The van der Waals surface area contributed by atoms with Crippen LogP contribution in [0, 0.1) is 6.92 Å². The fourth-order valence-corrected chi connectivity index (χ4v) is 3.57. The highest BCUT2D eigenvalue weighted by atomic mass is 19.3. The maximum absolute atomic E-state index is 13.3. The first kappa shape index (κ1) is 19.2. The Morgan fingerprint density at radius 3 is 2.61 bits per heavy atom. The number of aromatic nitrogens is 3. The lowest BCUT2D eigenvalue weighted by Gasteiger charge is -2.16. The van der Waals surface area contributed by atoms with Crippen molar-refractivity contribution in [1.29, 1.82) is 0 Å². The Hall–Kier alpha value is -3.82. The molecule has 0 radical (unpaired) electrons. The molecule has 0 saturated heterocycles. The van der Waals surface area contributed by atoms with Crippen molar-refractivity contribution in [2.45, 2.75) is 31.5 Å². The summed E-state index contributed by atoms with van der Waals surface area (Å²) in [5.74, 6) is 0.230. The van der Waals surface area contributed by atoms with E-state index < -0.39 is 11.7 Å². The van der Waals surface area contributed by atoms with E-state index >= 15 is 0 Å². The van der Waals surface area contributed by atoms with Crippen LogP contribution >= 0.6 is 0 Å². The third kappa shape index (κ3) is 3.39. The summed E-state index contributed by atoms with van der Waals surface area (Å²) in [5.41, 5.74) is 7.30. The number of hydrogen-bond acceptors (Lipinski definition) is 7. The van der Waals surface area contributed by atoms with Gasteiger partial charge < -0.3 is 20.5 Å². The Balaban J connectivity index is 0.00000245. The number of fused-ring (bicyclic) bond motifs is 1. The molecule has 3 N–H and O–H groups in total. The zero-order valence-corrected chi connectivity index (χ0v) is 16.4. The Morgan fingerprint density at radius 2 is 1.90 bits per heavy atom. The lowest BCUT2D eigenvalue weighted by Crippen LogP contribution is -2.28. The van der Waals surface area contributed by atoms with Gasteiger partial charge in [0.15, 0.2) is 11.5 Å². The van der Waals surface area contributed by atoms with Crippen LogP contribution in [0.1, 0.15) is 25.4 Å². The van der Waals surface area contributed by atoms with Crippen LogP contribution in [0.5, 0.6) is 11.5 Å². The van der Waals surface area contributed by atoms with Crippen molar-refractivity contribution >= 4 is 17.5 Å². The molecule has 0 spiro atoms. The number of benzene rings is 1. The number of anilines is 2. The topological polar surface area (TPSA) is 112 Å². The SMILES string of the molecule is Cc1ccc(NC(=O)C2(c3ccc4c(c3)OC(F)(F)O4)CC2)nc1-c1cnc(N)cn1.[HH]. The van der Waals surface area contributed by atoms with Crippen molar-refractivity contribution in [3.63, 3.8) is 0 Å². The highest BCUT2D eigenvalue weighted by Gasteiger charge is 2.53.